The lowest BCUT2D eigenvalue weighted by atomic mass is 10.1. The van der Waals surface area contributed by atoms with Gasteiger partial charge in [0.25, 0.3) is 0 Å². The summed E-state index contributed by atoms with van der Waals surface area (Å²) in [4.78, 5) is 14.2. The summed E-state index contributed by atoms with van der Waals surface area (Å²) in [6.07, 6.45) is 3.70. The molecule has 1 aliphatic carbocycles. The van der Waals surface area contributed by atoms with E-state index in [0.717, 1.165) is 19.6 Å². The van der Waals surface area contributed by atoms with Crippen molar-refractivity contribution in [2.45, 2.75) is 26.2 Å². The summed E-state index contributed by atoms with van der Waals surface area (Å²) in [5.41, 5.74) is 0. The first-order chi connectivity index (χ1) is 7.22. The highest BCUT2D eigenvalue weighted by atomic mass is 35.5. The second-order valence-electron chi connectivity index (χ2n) is 5.12. The normalized spacial score (nSPS) is 26.4. The Kier molecular flexibility index (Phi) is 5.06. The van der Waals surface area contributed by atoms with E-state index >= 15 is 0 Å². The quantitative estimate of drug-likeness (QED) is 0.816. The first-order valence-electron chi connectivity index (χ1n) is 6.15. The maximum absolute atomic E-state index is 12.1. The maximum atomic E-state index is 12.1. The lowest BCUT2D eigenvalue weighted by Gasteiger charge is -2.20. The molecule has 0 spiro atoms. The molecular formula is C12H23ClN2O. The molecule has 0 aromatic heterocycles. The summed E-state index contributed by atoms with van der Waals surface area (Å²) in [5.74, 6) is 2.04. The van der Waals surface area contributed by atoms with Crippen LogP contribution in [-0.4, -0.2) is 37.5 Å². The van der Waals surface area contributed by atoms with Crippen LogP contribution in [0.2, 0.25) is 0 Å². The average molecular weight is 247 g/mol. The predicted molar refractivity (Wildman–Crippen MR) is 67.7 cm³/mol. The lowest BCUT2D eigenvalue weighted by molar-refractivity contribution is -0.134. The van der Waals surface area contributed by atoms with Crippen LogP contribution in [0.3, 0.4) is 0 Å². The summed E-state index contributed by atoms with van der Waals surface area (Å²) < 4.78 is 0. The molecule has 1 amide bonds. The van der Waals surface area contributed by atoms with Crippen LogP contribution >= 0.6 is 12.4 Å². The topological polar surface area (TPSA) is 32.3 Å². The van der Waals surface area contributed by atoms with Crippen molar-refractivity contribution in [3.63, 3.8) is 0 Å². The molecule has 94 valence electrons. The van der Waals surface area contributed by atoms with Gasteiger partial charge in [0.2, 0.25) is 5.91 Å². The summed E-state index contributed by atoms with van der Waals surface area (Å²) in [6.45, 7) is 5.09. The van der Waals surface area contributed by atoms with E-state index in [2.05, 4.69) is 17.1 Å². The van der Waals surface area contributed by atoms with Crippen molar-refractivity contribution in [2.75, 3.05) is 26.7 Å². The zero-order valence-electron chi connectivity index (χ0n) is 10.2. The van der Waals surface area contributed by atoms with Crippen molar-refractivity contribution in [3.05, 3.63) is 0 Å². The number of hydrogen-bond acceptors (Lipinski definition) is 2. The Balaban J connectivity index is 0.00000128. The van der Waals surface area contributed by atoms with Crippen LogP contribution in [0.15, 0.2) is 0 Å². The molecule has 2 atom stereocenters. The number of nitrogens with zero attached hydrogens (tertiary/aromatic N) is 1. The Morgan fingerprint density at radius 3 is 2.69 bits per heavy atom. The number of hydrogen-bond donors (Lipinski definition) is 1. The van der Waals surface area contributed by atoms with Gasteiger partial charge < -0.3 is 10.2 Å². The van der Waals surface area contributed by atoms with E-state index in [1.54, 1.807) is 0 Å². The summed E-state index contributed by atoms with van der Waals surface area (Å²) >= 11 is 0. The number of nitrogens with one attached hydrogen (secondary N) is 1. The molecule has 1 aliphatic heterocycles. The average Bonchev–Trinajstić information content (AvgIpc) is 2.98. The minimum atomic E-state index is 0. The monoisotopic (exact) mass is 246 g/mol. The molecule has 0 radical (unpaired) electrons. The Bertz CT molecular complexity index is 243. The second kappa shape index (κ2) is 5.87. The maximum Gasteiger partial charge on any atom is 0.225 e. The van der Waals surface area contributed by atoms with Crippen LogP contribution in [0.1, 0.15) is 26.2 Å². The van der Waals surface area contributed by atoms with Gasteiger partial charge in [0.1, 0.15) is 0 Å². The zero-order valence-corrected chi connectivity index (χ0v) is 11.1. The Labute approximate surface area is 104 Å². The van der Waals surface area contributed by atoms with Gasteiger partial charge in [-0.15, -0.1) is 12.4 Å². The number of carbonyl (C=O) groups excluding carboxylic acids is 1. The van der Waals surface area contributed by atoms with Crippen molar-refractivity contribution in [2.24, 2.45) is 17.8 Å². The van der Waals surface area contributed by atoms with Gasteiger partial charge in [-0.2, -0.15) is 0 Å². The standard InChI is InChI=1S/C12H22N2O.ClH/c1-9(11-3-4-11)12(15)14-6-5-10(8-14)7-13-2;/h9-11,13H,3-8H2,1-2H3;1H. The molecule has 2 rings (SSSR count). The molecular weight excluding hydrogens is 224 g/mol. The van der Waals surface area contributed by atoms with Crippen LogP contribution in [0.25, 0.3) is 0 Å². The minimum absolute atomic E-state index is 0. The Hall–Kier alpha value is -0.280. The van der Waals surface area contributed by atoms with Crippen molar-refractivity contribution in [3.8, 4) is 0 Å². The molecule has 1 heterocycles. The van der Waals surface area contributed by atoms with Gasteiger partial charge in [0, 0.05) is 19.0 Å². The van der Waals surface area contributed by atoms with Crippen LogP contribution in [0, 0.1) is 17.8 Å². The number of likely N-dealkylation sites (tertiary alicyclic amines) is 1. The van der Waals surface area contributed by atoms with Gasteiger partial charge in [-0.3, -0.25) is 4.79 Å². The lowest BCUT2D eigenvalue weighted by Crippen LogP contribution is -2.35. The SMILES string of the molecule is CNCC1CCN(C(=O)C(C)C2CC2)C1.Cl. The molecule has 16 heavy (non-hydrogen) atoms. The molecule has 0 aromatic carbocycles. The van der Waals surface area contributed by atoms with E-state index in [-0.39, 0.29) is 18.3 Å². The fourth-order valence-corrected chi connectivity index (χ4v) is 2.57. The smallest absolute Gasteiger partial charge is 0.225 e. The van der Waals surface area contributed by atoms with Crippen LogP contribution < -0.4 is 5.32 Å². The van der Waals surface area contributed by atoms with Gasteiger partial charge in [0.05, 0.1) is 0 Å². The third-order valence-corrected chi connectivity index (χ3v) is 3.81. The summed E-state index contributed by atoms with van der Waals surface area (Å²) in [5, 5.41) is 3.20. The zero-order chi connectivity index (χ0) is 10.8. The van der Waals surface area contributed by atoms with Crippen molar-refractivity contribution < 1.29 is 4.79 Å². The summed E-state index contributed by atoms with van der Waals surface area (Å²) in [7, 11) is 1.98. The molecule has 1 saturated carbocycles. The summed E-state index contributed by atoms with van der Waals surface area (Å²) in [6, 6.07) is 0. The van der Waals surface area contributed by atoms with Crippen molar-refractivity contribution in [1.82, 2.24) is 10.2 Å². The van der Waals surface area contributed by atoms with Gasteiger partial charge in [-0.1, -0.05) is 6.92 Å². The number of halogens is 1. The Morgan fingerprint density at radius 2 is 2.12 bits per heavy atom. The van der Waals surface area contributed by atoms with E-state index in [4.69, 9.17) is 0 Å². The van der Waals surface area contributed by atoms with Gasteiger partial charge in [-0.05, 0) is 44.7 Å². The van der Waals surface area contributed by atoms with Gasteiger partial charge in [0.15, 0.2) is 0 Å². The minimum Gasteiger partial charge on any atom is -0.342 e. The van der Waals surface area contributed by atoms with Gasteiger partial charge in [-0.25, -0.2) is 0 Å². The van der Waals surface area contributed by atoms with Crippen LogP contribution in [0.5, 0.6) is 0 Å². The van der Waals surface area contributed by atoms with Crippen molar-refractivity contribution in [1.29, 1.82) is 0 Å². The third kappa shape index (κ3) is 3.11. The second-order valence-corrected chi connectivity index (χ2v) is 5.12. The van der Waals surface area contributed by atoms with Crippen LogP contribution in [0.4, 0.5) is 0 Å². The van der Waals surface area contributed by atoms with E-state index in [1.807, 2.05) is 7.05 Å². The molecule has 1 saturated heterocycles. The third-order valence-electron chi connectivity index (χ3n) is 3.81. The van der Waals surface area contributed by atoms with Crippen molar-refractivity contribution >= 4 is 18.3 Å². The highest BCUT2D eigenvalue weighted by molar-refractivity contribution is 5.85. The molecule has 4 heteroatoms. The molecule has 2 fully saturated rings. The van der Waals surface area contributed by atoms with Crippen LogP contribution in [-0.2, 0) is 4.79 Å². The fraction of sp³-hybridized carbons (Fsp3) is 0.917. The molecule has 1 N–H and O–H groups in total. The fourth-order valence-electron chi connectivity index (χ4n) is 2.57. The molecule has 0 bridgehead atoms. The first kappa shape index (κ1) is 13.8. The molecule has 0 aromatic rings. The van der Waals surface area contributed by atoms with E-state index < -0.39 is 0 Å². The number of rotatable bonds is 4. The first-order valence-corrected chi connectivity index (χ1v) is 6.15. The highest BCUT2D eigenvalue weighted by Gasteiger charge is 2.36. The predicted octanol–water partition coefficient (Wildman–Crippen LogP) is 1.52. The van der Waals surface area contributed by atoms with E-state index in [1.165, 1.54) is 19.3 Å². The molecule has 3 nitrogen and oxygen atoms in total. The molecule has 2 unspecified atom stereocenters. The molecule has 2 aliphatic rings. The number of carbonyl (C=O) groups is 1. The number of amides is 1. The van der Waals surface area contributed by atoms with Gasteiger partial charge >= 0.3 is 0 Å². The largest absolute Gasteiger partial charge is 0.342 e. The van der Waals surface area contributed by atoms with E-state index in [9.17, 15) is 4.79 Å². The van der Waals surface area contributed by atoms with E-state index in [0.29, 0.717) is 17.7 Å². The Morgan fingerprint density at radius 1 is 1.44 bits per heavy atom. The highest BCUT2D eigenvalue weighted by Crippen LogP contribution is 2.38.